The van der Waals surface area contributed by atoms with Gasteiger partial charge >= 0.3 is 0 Å². The van der Waals surface area contributed by atoms with E-state index >= 15 is 0 Å². The number of thiophene rings is 1. The van der Waals surface area contributed by atoms with Gasteiger partial charge in [-0.05, 0) is 35.6 Å². The number of ether oxygens (including phenoxy) is 1. The van der Waals surface area contributed by atoms with Gasteiger partial charge in [-0.1, -0.05) is 72.3 Å². The lowest BCUT2D eigenvalue weighted by atomic mass is 9.84. The van der Waals surface area contributed by atoms with Gasteiger partial charge in [0.05, 0.1) is 9.91 Å². The summed E-state index contributed by atoms with van der Waals surface area (Å²) in [5, 5.41) is 2.61. The van der Waals surface area contributed by atoms with Crippen LogP contribution in [0.2, 0.25) is 0 Å². The molecule has 124 valence electrons. The number of halogens is 1. The smallest absolute Gasteiger partial charge is 0.163 e. The fraction of sp³-hybridized carbons (Fsp3) is 0.0909. The van der Waals surface area contributed by atoms with E-state index in [0.29, 0.717) is 10.8 Å². The van der Waals surface area contributed by atoms with Gasteiger partial charge in [-0.3, -0.25) is 0 Å². The van der Waals surface area contributed by atoms with Crippen LogP contribution < -0.4 is 4.74 Å². The Labute approximate surface area is 156 Å². The van der Waals surface area contributed by atoms with Crippen LogP contribution >= 0.6 is 22.9 Å². The zero-order chi connectivity index (χ0) is 17.4. The van der Waals surface area contributed by atoms with Crippen molar-refractivity contribution < 1.29 is 4.74 Å². The fourth-order valence-electron chi connectivity index (χ4n) is 3.13. The predicted octanol–water partition coefficient (Wildman–Crippen LogP) is 6.74. The molecule has 0 fully saturated rings. The summed E-state index contributed by atoms with van der Waals surface area (Å²) in [5.41, 5.74) is 4.34. The topological polar surface area (TPSA) is 9.23 Å². The maximum atomic E-state index is 6.76. The molecule has 4 rings (SSSR count). The number of aryl methyl sites for hydroxylation is 1. The average molecular weight is 365 g/mol. The van der Waals surface area contributed by atoms with Crippen molar-refractivity contribution >= 4 is 28.7 Å². The Balaban J connectivity index is 1.92. The molecule has 1 aliphatic rings. The monoisotopic (exact) mass is 364 g/mol. The van der Waals surface area contributed by atoms with Crippen LogP contribution in [0.5, 0.6) is 5.75 Å². The first-order valence-corrected chi connectivity index (χ1v) is 9.37. The third-order valence-electron chi connectivity index (χ3n) is 4.43. The molecule has 0 spiro atoms. The van der Waals surface area contributed by atoms with Crippen LogP contribution in [0, 0.1) is 6.92 Å². The highest BCUT2D eigenvalue weighted by atomic mass is 35.5. The molecular weight excluding hydrogens is 348 g/mol. The summed E-state index contributed by atoms with van der Waals surface area (Å²) in [6, 6.07) is 20.6. The molecule has 0 saturated carbocycles. The van der Waals surface area contributed by atoms with Gasteiger partial charge in [-0.25, -0.2) is 0 Å². The van der Waals surface area contributed by atoms with Crippen LogP contribution in [0.4, 0.5) is 0 Å². The van der Waals surface area contributed by atoms with E-state index in [-0.39, 0.29) is 5.92 Å². The first kappa shape index (κ1) is 16.2. The highest BCUT2D eigenvalue weighted by Gasteiger charge is 2.29. The third-order valence-corrected chi connectivity index (χ3v) is 5.71. The summed E-state index contributed by atoms with van der Waals surface area (Å²) in [6.07, 6.45) is 0. The molecule has 0 unspecified atom stereocenters. The normalized spacial score (nSPS) is 17.0. The summed E-state index contributed by atoms with van der Waals surface area (Å²) in [4.78, 5) is 1.01. The van der Waals surface area contributed by atoms with Crippen LogP contribution in [0.1, 0.15) is 27.5 Å². The van der Waals surface area contributed by atoms with Gasteiger partial charge < -0.3 is 4.74 Å². The van der Waals surface area contributed by atoms with Gasteiger partial charge in [-0.2, -0.15) is 0 Å². The average Bonchev–Trinajstić information content (AvgIpc) is 3.13. The molecule has 2 heterocycles. The molecule has 2 aromatic carbocycles. The van der Waals surface area contributed by atoms with Crippen LogP contribution in [-0.2, 0) is 0 Å². The molecule has 0 saturated heterocycles. The van der Waals surface area contributed by atoms with Crippen molar-refractivity contribution in [1.82, 2.24) is 0 Å². The van der Waals surface area contributed by atoms with Crippen molar-refractivity contribution in [1.29, 1.82) is 0 Å². The Morgan fingerprint density at radius 3 is 2.48 bits per heavy atom. The molecule has 1 aromatic heterocycles. The van der Waals surface area contributed by atoms with Gasteiger partial charge in [0.15, 0.2) is 5.76 Å². The molecular formula is C22H17ClOS. The van der Waals surface area contributed by atoms with Gasteiger partial charge in [0.2, 0.25) is 0 Å². The Bertz CT molecular complexity index is 952. The first-order valence-electron chi connectivity index (χ1n) is 8.11. The van der Waals surface area contributed by atoms with Crippen LogP contribution in [0.3, 0.4) is 0 Å². The van der Waals surface area contributed by atoms with Crippen LogP contribution in [-0.4, -0.2) is 0 Å². The van der Waals surface area contributed by atoms with Crippen molar-refractivity contribution in [3.05, 3.63) is 105 Å². The molecule has 0 amide bonds. The van der Waals surface area contributed by atoms with E-state index < -0.39 is 0 Å². The van der Waals surface area contributed by atoms with Crippen molar-refractivity contribution in [3.63, 3.8) is 0 Å². The van der Waals surface area contributed by atoms with E-state index in [1.54, 1.807) is 11.3 Å². The Morgan fingerprint density at radius 1 is 1.00 bits per heavy atom. The summed E-state index contributed by atoms with van der Waals surface area (Å²) in [5.74, 6) is 1.48. The van der Waals surface area contributed by atoms with E-state index in [1.165, 1.54) is 5.56 Å². The number of fused-ring (bicyclic) bond motifs is 1. The summed E-state index contributed by atoms with van der Waals surface area (Å²) in [7, 11) is 0. The second-order valence-electron chi connectivity index (χ2n) is 6.13. The van der Waals surface area contributed by atoms with Crippen LogP contribution in [0.15, 0.2) is 83.2 Å². The van der Waals surface area contributed by atoms with Crippen molar-refractivity contribution in [2.75, 3.05) is 0 Å². The molecule has 3 aromatic rings. The van der Waals surface area contributed by atoms with Gasteiger partial charge in [0.25, 0.3) is 0 Å². The summed E-state index contributed by atoms with van der Waals surface area (Å²) >= 11 is 8.37. The predicted molar refractivity (Wildman–Crippen MR) is 106 cm³/mol. The summed E-state index contributed by atoms with van der Waals surface area (Å²) < 4.78 is 6.26. The van der Waals surface area contributed by atoms with Crippen molar-refractivity contribution in [2.45, 2.75) is 12.8 Å². The highest BCUT2D eigenvalue weighted by Crippen LogP contribution is 2.46. The first-order chi connectivity index (χ1) is 12.1. The molecule has 1 nitrogen and oxygen atoms in total. The molecule has 0 aliphatic carbocycles. The SMILES string of the molecule is C=C1C(Cl)=C(c2cccs2)Oc2ccccc2[C@H]1c1ccc(C)cc1. The lowest BCUT2D eigenvalue weighted by molar-refractivity contribution is 0.512. The Morgan fingerprint density at radius 2 is 1.76 bits per heavy atom. The number of para-hydroxylation sites is 1. The zero-order valence-corrected chi connectivity index (χ0v) is 15.4. The molecule has 0 bridgehead atoms. The van der Waals surface area contributed by atoms with Gasteiger partial charge in [0.1, 0.15) is 5.75 Å². The van der Waals surface area contributed by atoms with Crippen molar-refractivity contribution in [2.24, 2.45) is 0 Å². The number of rotatable bonds is 2. The number of hydrogen-bond acceptors (Lipinski definition) is 2. The number of benzene rings is 2. The van der Waals surface area contributed by atoms with Crippen molar-refractivity contribution in [3.8, 4) is 5.75 Å². The minimum Gasteiger partial charge on any atom is -0.454 e. The molecule has 0 N–H and O–H groups in total. The highest BCUT2D eigenvalue weighted by molar-refractivity contribution is 7.11. The van der Waals surface area contributed by atoms with Gasteiger partial charge in [0, 0.05) is 11.5 Å². The quantitative estimate of drug-likeness (QED) is 0.489. The zero-order valence-electron chi connectivity index (χ0n) is 13.8. The van der Waals surface area contributed by atoms with E-state index in [2.05, 4.69) is 43.8 Å². The van der Waals surface area contributed by atoms with E-state index in [9.17, 15) is 0 Å². The number of hydrogen-bond donors (Lipinski definition) is 0. The van der Waals surface area contributed by atoms with Crippen LogP contribution in [0.25, 0.3) is 5.76 Å². The standard InChI is InChI=1S/C22H17ClOS/c1-14-9-11-16(12-10-14)20-15(2)21(23)22(19-8-5-13-25-19)24-18-7-4-3-6-17(18)20/h3-13,20H,2H2,1H3/t20-/m1/s1. The third kappa shape index (κ3) is 2.92. The Hall–Kier alpha value is -2.29. The second kappa shape index (κ2) is 6.55. The Kier molecular flexibility index (Phi) is 4.24. The second-order valence-corrected chi connectivity index (χ2v) is 7.45. The molecule has 1 aliphatic heterocycles. The number of allylic oxidation sites excluding steroid dienone is 2. The van der Waals surface area contributed by atoms with Gasteiger partial charge in [-0.15, -0.1) is 11.3 Å². The molecule has 0 radical (unpaired) electrons. The lowest BCUT2D eigenvalue weighted by Crippen LogP contribution is -2.04. The minimum atomic E-state index is -0.0261. The van der Waals surface area contributed by atoms with E-state index in [1.807, 2.05) is 35.7 Å². The minimum absolute atomic E-state index is 0.0261. The maximum Gasteiger partial charge on any atom is 0.163 e. The molecule has 25 heavy (non-hydrogen) atoms. The largest absolute Gasteiger partial charge is 0.454 e. The summed E-state index contributed by atoms with van der Waals surface area (Å²) in [6.45, 7) is 6.42. The molecule has 1 atom stereocenters. The van der Waals surface area contributed by atoms with E-state index in [4.69, 9.17) is 16.3 Å². The fourth-order valence-corrected chi connectivity index (χ4v) is 4.15. The maximum absolute atomic E-state index is 6.76. The lowest BCUT2D eigenvalue weighted by Gasteiger charge is -2.19. The van der Waals surface area contributed by atoms with E-state index in [0.717, 1.165) is 27.3 Å². The molecule has 3 heteroatoms.